The predicted octanol–water partition coefficient (Wildman–Crippen LogP) is 4.45. The Hall–Kier alpha value is -1.38. The van der Waals surface area contributed by atoms with Gasteiger partial charge in [-0.1, -0.05) is 41.9 Å². The summed E-state index contributed by atoms with van der Waals surface area (Å²) in [6.45, 7) is 5.44. The molecule has 0 radical (unpaired) electrons. The van der Waals surface area contributed by atoms with Gasteiger partial charge in [-0.05, 0) is 48.6 Å². The Kier molecular flexibility index (Phi) is 3.93. The van der Waals surface area contributed by atoms with Crippen LogP contribution in [0.3, 0.4) is 0 Å². The summed E-state index contributed by atoms with van der Waals surface area (Å²) in [6, 6.07) is 9.01. The molecule has 2 aromatic carbocycles. The summed E-state index contributed by atoms with van der Waals surface area (Å²) in [5, 5.41) is 0.676. The normalized spacial score (nSPS) is 12.5. The maximum absolute atomic E-state index is 13.7. The minimum Gasteiger partial charge on any atom is -0.320 e. The molecule has 0 spiro atoms. The molecule has 100 valence electrons. The first-order valence-electron chi connectivity index (χ1n) is 6.19. The molecule has 0 amide bonds. The van der Waals surface area contributed by atoms with Crippen LogP contribution in [0.15, 0.2) is 30.3 Å². The van der Waals surface area contributed by atoms with Gasteiger partial charge in [0, 0.05) is 5.02 Å². The van der Waals surface area contributed by atoms with Crippen molar-refractivity contribution in [2.24, 2.45) is 5.73 Å². The Labute approximate surface area is 118 Å². The van der Waals surface area contributed by atoms with E-state index in [1.807, 2.05) is 25.1 Å². The van der Waals surface area contributed by atoms with Gasteiger partial charge < -0.3 is 5.73 Å². The summed E-state index contributed by atoms with van der Waals surface area (Å²) in [5.74, 6) is -0.175. The fraction of sp³-hybridized carbons (Fsp3) is 0.250. The minimum atomic E-state index is -0.342. The molecule has 19 heavy (non-hydrogen) atoms. The highest BCUT2D eigenvalue weighted by Gasteiger charge is 2.15. The summed E-state index contributed by atoms with van der Waals surface area (Å²) >= 11 is 6.29. The first-order chi connectivity index (χ1) is 8.91. The molecule has 0 aliphatic heterocycles. The first kappa shape index (κ1) is 14.0. The average molecular weight is 278 g/mol. The second kappa shape index (κ2) is 5.32. The van der Waals surface area contributed by atoms with Gasteiger partial charge in [0.2, 0.25) is 0 Å². The molecule has 0 fully saturated rings. The molecule has 0 aliphatic rings. The van der Waals surface area contributed by atoms with Crippen LogP contribution >= 0.6 is 11.6 Å². The number of aryl methyl sites for hydroxylation is 3. The molecular formula is C16H17ClFN. The van der Waals surface area contributed by atoms with Gasteiger partial charge in [-0.3, -0.25) is 0 Å². The third kappa shape index (κ3) is 2.65. The molecule has 1 nitrogen and oxygen atoms in total. The molecule has 0 aliphatic carbocycles. The van der Waals surface area contributed by atoms with Gasteiger partial charge in [0.1, 0.15) is 5.82 Å². The van der Waals surface area contributed by atoms with Crippen molar-refractivity contribution < 1.29 is 4.39 Å². The lowest BCUT2D eigenvalue weighted by molar-refractivity contribution is 0.607. The Morgan fingerprint density at radius 3 is 2.21 bits per heavy atom. The number of nitrogens with two attached hydrogens (primary N) is 1. The maximum atomic E-state index is 13.7. The molecule has 2 rings (SSSR count). The summed E-state index contributed by atoms with van der Waals surface area (Å²) in [4.78, 5) is 0. The van der Waals surface area contributed by atoms with Gasteiger partial charge in [0.15, 0.2) is 0 Å². The van der Waals surface area contributed by atoms with Crippen LogP contribution in [0.1, 0.15) is 33.9 Å². The number of benzene rings is 2. The lowest BCUT2D eigenvalue weighted by Gasteiger charge is -2.17. The molecule has 0 bridgehead atoms. The van der Waals surface area contributed by atoms with Gasteiger partial charge in [-0.15, -0.1) is 0 Å². The summed E-state index contributed by atoms with van der Waals surface area (Å²) < 4.78 is 13.7. The molecular weight excluding hydrogens is 261 g/mol. The summed E-state index contributed by atoms with van der Waals surface area (Å²) in [7, 11) is 0. The van der Waals surface area contributed by atoms with E-state index in [1.165, 1.54) is 0 Å². The van der Waals surface area contributed by atoms with Crippen molar-refractivity contribution in [2.75, 3.05) is 0 Å². The van der Waals surface area contributed by atoms with Gasteiger partial charge in [-0.25, -0.2) is 4.39 Å². The van der Waals surface area contributed by atoms with E-state index in [0.717, 1.165) is 16.7 Å². The van der Waals surface area contributed by atoms with E-state index in [4.69, 9.17) is 17.3 Å². The molecule has 2 N–H and O–H groups in total. The van der Waals surface area contributed by atoms with E-state index in [2.05, 4.69) is 0 Å². The molecule has 0 saturated carbocycles. The van der Waals surface area contributed by atoms with Crippen LogP contribution < -0.4 is 5.73 Å². The van der Waals surface area contributed by atoms with Crippen LogP contribution in [0.5, 0.6) is 0 Å². The molecule has 0 saturated heterocycles. The highest BCUT2D eigenvalue weighted by atomic mass is 35.5. The van der Waals surface area contributed by atoms with Crippen LogP contribution in [0.4, 0.5) is 4.39 Å². The van der Waals surface area contributed by atoms with Crippen LogP contribution in [-0.2, 0) is 0 Å². The molecule has 0 aromatic heterocycles. The predicted molar refractivity (Wildman–Crippen MR) is 78.1 cm³/mol. The topological polar surface area (TPSA) is 26.0 Å². The third-order valence-electron chi connectivity index (χ3n) is 3.37. The van der Waals surface area contributed by atoms with E-state index >= 15 is 0 Å². The Bertz CT molecular complexity index is 599. The van der Waals surface area contributed by atoms with Crippen LogP contribution in [0.2, 0.25) is 5.02 Å². The van der Waals surface area contributed by atoms with Crippen molar-refractivity contribution in [3.05, 3.63) is 69.0 Å². The summed E-state index contributed by atoms with van der Waals surface area (Å²) in [6.07, 6.45) is 0. The molecule has 3 heteroatoms. The van der Waals surface area contributed by atoms with Crippen molar-refractivity contribution >= 4 is 11.6 Å². The lowest BCUT2D eigenvalue weighted by Crippen LogP contribution is -2.13. The van der Waals surface area contributed by atoms with E-state index in [1.54, 1.807) is 26.0 Å². The summed E-state index contributed by atoms with van der Waals surface area (Å²) in [5.41, 5.74) is 10.2. The lowest BCUT2D eigenvalue weighted by atomic mass is 9.95. The van der Waals surface area contributed by atoms with Crippen LogP contribution in [0.25, 0.3) is 0 Å². The number of hydrogen-bond acceptors (Lipinski definition) is 1. The van der Waals surface area contributed by atoms with Crippen molar-refractivity contribution in [3.63, 3.8) is 0 Å². The maximum Gasteiger partial charge on any atom is 0.129 e. The van der Waals surface area contributed by atoms with Crippen LogP contribution in [0, 0.1) is 26.6 Å². The van der Waals surface area contributed by atoms with Gasteiger partial charge >= 0.3 is 0 Å². The SMILES string of the molecule is Cc1cc(C(N)c2cccc(C)c2Cl)cc(C)c1F. The average Bonchev–Trinajstić information content (AvgIpc) is 2.38. The zero-order valence-electron chi connectivity index (χ0n) is 11.3. The minimum absolute atomic E-state index is 0.175. The molecule has 1 atom stereocenters. The second-order valence-electron chi connectivity index (χ2n) is 4.92. The monoisotopic (exact) mass is 277 g/mol. The first-order valence-corrected chi connectivity index (χ1v) is 6.57. The molecule has 1 unspecified atom stereocenters. The fourth-order valence-corrected chi connectivity index (χ4v) is 2.49. The zero-order chi connectivity index (χ0) is 14.2. The van der Waals surface area contributed by atoms with Gasteiger partial charge in [0.25, 0.3) is 0 Å². The Morgan fingerprint density at radius 2 is 1.63 bits per heavy atom. The van der Waals surface area contributed by atoms with E-state index in [-0.39, 0.29) is 11.9 Å². The highest BCUT2D eigenvalue weighted by Crippen LogP contribution is 2.30. The quantitative estimate of drug-likeness (QED) is 0.862. The Balaban J connectivity index is 2.50. The largest absolute Gasteiger partial charge is 0.320 e. The van der Waals surface area contributed by atoms with Crippen molar-refractivity contribution in [1.82, 2.24) is 0 Å². The Morgan fingerprint density at radius 1 is 1.05 bits per heavy atom. The van der Waals surface area contributed by atoms with Gasteiger partial charge in [-0.2, -0.15) is 0 Å². The molecule has 2 aromatic rings. The van der Waals surface area contributed by atoms with E-state index < -0.39 is 0 Å². The zero-order valence-corrected chi connectivity index (χ0v) is 12.1. The third-order valence-corrected chi connectivity index (χ3v) is 3.89. The second-order valence-corrected chi connectivity index (χ2v) is 5.30. The number of halogens is 2. The number of hydrogen-bond donors (Lipinski definition) is 1. The standard InChI is InChI=1S/C16H17ClFN/c1-9-5-4-6-13(14(9)17)16(19)12-7-10(2)15(18)11(3)8-12/h4-8,16H,19H2,1-3H3. The van der Waals surface area contributed by atoms with E-state index in [9.17, 15) is 4.39 Å². The molecule has 0 heterocycles. The fourth-order valence-electron chi connectivity index (χ4n) is 2.25. The van der Waals surface area contributed by atoms with Crippen molar-refractivity contribution in [2.45, 2.75) is 26.8 Å². The smallest absolute Gasteiger partial charge is 0.129 e. The van der Waals surface area contributed by atoms with Crippen molar-refractivity contribution in [1.29, 1.82) is 0 Å². The highest BCUT2D eigenvalue weighted by molar-refractivity contribution is 6.32. The van der Waals surface area contributed by atoms with E-state index in [0.29, 0.717) is 16.1 Å². The van der Waals surface area contributed by atoms with Crippen molar-refractivity contribution in [3.8, 4) is 0 Å². The number of rotatable bonds is 2. The van der Waals surface area contributed by atoms with Crippen LogP contribution in [-0.4, -0.2) is 0 Å². The van der Waals surface area contributed by atoms with Gasteiger partial charge in [0.05, 0.1) is 6.04 Å².